The first-order valence-corrected chi connectivity index (χ1v) is 9.24. The first-order chi connectivity index (χ1) is 11.3. The van der Waals surface area contributed by atoms with E-state index in [-0.39, 0.29) is 23.2 Å². The zero-order valence-corrected chi connectivity index (χ0v) is 15.3. The quantitative estimate of drug-likeness (QED) is 0.621. The topological polar surface area (TPSA) is 49.7 Å². The molecule has 0 aromatic heterocycles. The summed E-state index contributed by atoms with van der Waals surface area (Å²) in [5, 5.41) is 21.5. The number of allylic oxidation sites excluding steroid dienone is 1. The molecular formula is C21H30O3. The highest BCUT2D eigenvalue weighted by molar-refractivity contribution is 5.53. The lowest BCUT2D eigenvalue weighted by molar-refractivity contribution is -0.0210. The third kappa shape index (κ3) is 2.95. The largest absolute Gasteiger partial charge is 0.508 e. The Bertz CT molecular complexity index is 645. The van der Waals surface area contributed by atoms with Crippen LogP contribution in [0.5, 0.6) is 11.5 Å². The summed E-state index contributed by atoms with van der Waals surface area (Å²) in [6.07, 6.45) is 6.88. The average molecular weight is 330 g/mol. The number of phenols is 1. The number of rotatable bonds is 4. The van der Waals surface area contributed by atoms with E-state index >= 15 is 0 Å². The van der Waals surface area contributed by atoms with Crippen molar-refractivity contribution in [2.24, 2.45) is 5.92 Å². The van der Waals surface area contributed by atoms with Crippen molar-refractivity contribution in [2.75, 3.05) is 0 Å². The van der Waals surface area contributed by atoms with Crippen LogP contribution in [0.1, 0.15) is 70.4 Å². The van der Waals surface area contributed by atoms with E-state index in [1.807, 2.05) is 13.0 Å². The molecule has 1 aliphatic heterocycles. The fourth-order valence-corrected chi connectivity index (χ4v) is 4.33. The molecule has 2 N–H and O–H groups in total. The van der Waals surface area contributed by atoms with Crippen molar-refractivity contribution in [3.63, 3.8) is 0 Å². The SMILES string of the molecule is CCCCCc1cc(O)c2c(c1)OC(C)(C)[C@@H]1CC=C(C)C(O)[C@@H]21. The molecule has 3 nitrogen and oxygen atoms in total. The molecule has 0 amide bonds. The van der Waals surface area contributed by atoms with Gasteiger partial charge in [0.15, 0.2) is 0 Å². The molecule has 0 bridgehead atoms. The van der Waals surface area contributed by atoms with Crippen LogP contribution in [0.2, 0.25) is 0 Å². The second kappa shape index (κ2) is 6.44. The monoisotopic (exact) mass is 330 g/mol. The van der Waals surface area contributed by atoms with E-state index in [4.69, 9.17) is 4.74 Å². The molecule has 0 spiro atoms. The Morgan fingerprint density at radius 1 is 1.25 bits per heavy atom. The van der Waals surface area contributed by atoms with Crippen LogP contribution in [0.4, 0.5) is 0 Å². The Hall–Kier alpha value is -1.48. The van der Waals surface area contributed by atoms with E-state index in [0.717, 1.165) is 41.7 Å². The van der Waals surface area contributed by atoms with E-state index < -0.39 is 6.10 Å². The van der Waals surface area contributed by atoms with Gasteiger partial charge in [-0.1, -0.05) is 25.8 Å². The Morgan fingerprint density at radius 2 is 2.00 bits per heavy atom. The Kier molecular flexibility index (Phi) is 4.65. The first-order valence-electron chi connectivity index (χ1n) is 9.24. The van der Waals surface area contributed by atoms with Gasteiger partial charge in [-0.15, -0.1) is 0 Å². The normalized spacial score (nSPS) is 27.7. The predicted octanol–water partition coefficient (Wildman–Crippen LogP) is 4.71. The summed E-state index contributed by atoms with van der Waals surface area (Å²) >= 11 is 0. The molecule has 132 valence electrons. The van der Waals surface area contributed by atoms with E-state index in [9.17, 15) is 10.2 Å². The van der Waals surface area contributed by atoms with Crippen LogP contribution in [-0.4, -0.2) is 21.9 Å². The van der Waals surface area contributed by atoms with Gasteiger partial charge in [0.25, 0.3) is 0 Å². The first kappa shape index (κ1) is 17.3. The molecule has 3 heteroatoms. The van der Waals surface area contributed by atoms with Gasteiger partial charge in [0, 0.05) is 17.4 Å². The molecule has 0 saturated carbocycles. The number of hydrogen-bond acceptors (Lipinski definition) is 3. The lowest BCUT2D eigenvalue weighted by Gasteiger charge is -2.48. The third-order valence-corrected chi connectivity index (χ3v) is 5.78. The molecule has 1 unspecified atom stereocenters. The van der Waals surface area contributed by atoms with E-state index in [2.05, 4.69) is 32.9 Å². The smallest absolute Gasteiger partial charge is 0.127 e. The van der Waals surface area contributed by atoms with Crippen molar-refractivity contribution in [3.05, 3.63) is 34.9 Å². The summed E-state index contributed by atoms with van der Waals surface area (Å²) in [5.41, 5.74) is 2.54. The second-order valence-corrected chi connectivity index (χ2v) is 7.95. The highest BCUT2D eigenvalue weighted by Gasteiger charge is 2.49. The van der Waals surface area contributed by atoms with Crippen LogP contribution >= 0.6 is 0 Å². The number of aliphatic hydroxyl groups is 1. The van der Waals surface area contributed by atoms with E-state index in [0.29, 0.717) is 0 Å². The average Bonchev–Trinajstić information content (AvgIpc) is 2.50. The van der Waals surface area contributed by atoms with Gasteiger partial charge in [0.2, 0.25) is 0 Å². The Labute approximate surface area is 145 Å². The summed E-state index contributed by atoms with van der Waals surface area (Å²) < 4.78 is 6.30. The molecule has 3 rings (SSSR count). The molecular weight excluding hydrogens is 300 g/mol. The number of fused-ring (bicyclic) bond motifs is 3. The minimum Gasteiger partial charge on any atom is -0.508 e. The van der Waals surface area contributed by atoms with Gasteiger partial charge in [0.1, 0.15) is 17.1 Å². The molecule has 1 aromatic rings. The number of ether oxygens (including phenoxy) is 1. The van der Waals surface area contributed by atoms with Crippen LogP contribution in [0.15, 0.2) is 23.8 Å². The number of phenolic OH excluding ortho intramolecular Hbond substituents is 1. The van der Waals surface area contributed by atoms with E-state index in [1.165, 1.54) is 12.8 Å². The van der Waals surface area contributed by atoms with Gasteiger partial charge >= 0.3 is 0 Å². The molecule has 2 aliphatic rings. The maximum Gasteiger partial charge on any atom is 0.127 e. The van der Waals surface area contributed by atoms with Gasteiger partial charge in [-0.2, -0.15) is 0 Å². The second-order valence-electron chi connectivity index (χ2n) is 7.95. The van der Waals surface area contributed by atoms with Crippen LogP contribution in [0.3, 0.4) is 0 Å². The number of aryl methyl sites for hydroxylation is 1. The van der Waals surface area contributed by atoms with Crippen LogP contribution < -0.4 is 4.74 Å². The number of benzene rings is 1. The summed E-state index contributed by atoms with van der Waals surface area (Å²) in [5.74, 6) is 1.10. The Balaban J connectivity index is 2.01. The van der Waals surface area contributed by atoms with Gasteiger partial charge < -0.3 is 14.9 Å². The zero-order chi connectivity index (χ0) is 17.5. The molecule has 3 atom stereocenters. The Morgan fingerprint density at radius 3 is 2.71 bits per heavy atom. The lowest BCUT2D eigenvalue weighted by atomic mass is 9.66. The van der Waals surface area contributed by atoms with Crippen molar-refractivity contribution in [1.29, 1.82) is 0 Å². The van der Waals surface area contributed by atoms with Crippen molar-refractivity contribution < 1.29 is 14.9 Å². The van der Waals surface area contributed by atoms with Gasteiger partial charge in [-0.3, -0.25) is 0 Å². The van der Waals surface area contributed by atoms with Crippen molar-refractivity contribution >= 4 is 0 Å². The van der Waals surface area contributed by atoms with Gasteiger partial charge in [-0.25, -0.2) is 0 Å². The van der Waals surface area contributed by atoms with Crippen LogP contribution in [-0.2, 0) is 6.42 Å². The molecule has 1 heterocycles. The molecule has 0 saturated heterocycles. The number of unbranched alkanes of at least 4 members (excludes halogenated alkanes) is 2. The molecule has 0 radical (unpaired) electrons. The van der Waals surface area contributed by atoms with E-state index in [1.54, 1.807) is 0 Å². The zero-order valence-electron chi connectivity index (χ0n) is 15.3. The van der Waals surface area contributed by atoms with Gasteiger partial charge in [0.05, 0.1) is 6.10 Å². The molecule has 1 aromatic carbocycles. The molecule has 0 fully saturated rings. The van der Waals surface area contributed by atoms with Crippen molar-refractivity contribution in [1.82, 2.24) is 0 Å². The van der Waals surface area contributed by atoms with Crippen molar-refractivity contribution in [3.8, 4) is 11.5 Å². The minimum atomic E-state index is -0.553. The maximum absolute atomic E-state index is 10.8. The molecule has 24 heavy (non-hydrogen) atoms. The standard InChI is InChI=1S/C21H30O3/c1-5-6-7-8-14-11-16(22)19-17(12-14)24-21(3,4)15-10-9-13(2)20(23)18(15)19/h9,11-12,15,18,20,22-23H,5-8,10H2,1-4H3/t15-,18-,20?/m1/s1. The summed E-state index contributed by atoms with van der Waals surface area (Å²) in [6, 6.07) is 3.94. The summed E-state index contributed by atoms with van der Waals surface area (Å²) in [7, 11) is 0. The minimum absolute atomic E-state index is 0.0987. The lowest BCUT2D eigenvalue weighted by Crippen LogP contribution is -2.49. The highest BCUT2D eigenvalue weighted by atomic mass is 16.5. The third-order valence-electron chi connectivity index (χ3n) is 5.78. The molecule has 1 aliphatic carbocycles. The van der Waals surface area contributed by atoms with Crippen molar-refractivity contribution in [2.45, 2.75) is 77.4 Å². The highest BCUT2D eigenvalue weighted by Crippen LogP contribution is 2.54. The van der Waals surface area contributed by atoms with Crippen LogP contribution in [0, 0.1) is 5.92 Å². The van der Waals surface area contributed by atoms with Crippen LogP contribution in [0.25, 0.3) is 0 Å². The fourth-order valence-electron chi connectivity index (χ4n) is 4.33. The number of aliphatic hydroxyl groups excluding tert-OH is 1. The van der Waals surface area contributed by atoms with Gasteiger partial charge in [-0.05, 0) is 63.3 Å². The summed E-state index contributed by atoms with van der Waals surface area (Å²) in [4.78, 5) is 0. The number of aromatic hydroxyl groups is 1. The maximum atomic E-state index is 10.8. The summed E-state index contributed by atoms with van der Waals surface area (Å²) in [6.45, 7) is 8.35. The predicted molar refractivity (Wildman–Crippen MR) is 96.7 cm³/mol. The number of hydrogen-bond donors (Lipinski definition) is 2. The fraction of sp³-hybridized carbons (Fsp3) is 0.619.